The average Bonchev–Trinajstić information content (AvgIpc) is 3.37. The summed E-state index contributed by atoms with van der Waals surface area (Å²) in [7, 11) is 0. The molecule has 0 fully saturated rings. The third kappa shape index (κ3) is 4.64. The molecule has 0 aliphatic heterocycles. The lowest BCUT2D eigenvalue weighted by atomic mass is 10.1. The minimum atomic E-state index is -0.0702. The monoisotopic (exact) mass is 405 g/mol. The molecule has 4 rings (SSSR count). The Balaban J connectivity index is 1.31. The van der Waals surface area contributed by atoms with E-state index >= 15 is 0 Å². The third-order valence-corrected chi connectivity index (χ3v) is 5.51. The number of aryl methyl sites for hydroxylation is 1. The van der Waals surface area contributed by atoms with Crippen LogP contribution in [0, 0.1) is 6.92 Å². The SMILES string of the molecule is Cc1cccc(CNCCNC(=O)c2sccc2Nc2ccnc3[nH]ccc23)c1. The van der Waals surface area contributed by atoms with Crippen LogP contribution >= 0.6 is 11.3 Å². The molecule has 0 aliphatic rings. The van der Waals surface area contributed by atoms with Crippen molar-refractivity contribution in [1.29, 1.82) is 0 Å². The normalized spacial score (nSPS) is 10.9. The number of nitrogens with zero attached hydrogens (tertiary/aromatic N) is 1. The highest BCUT2D eigenvalue weighted by Crippen LogP contribution is 2.29. The van der Waals surface area contributed by atoms with Crippen molar-refractivity contribution in [3.8, 4) is 0 Å². The van der Waals surface area contributed by atoms with Crippen LogP contribution < -0.4 is 16.0 Å². The zero-order valence-corrected chi connectivity index (χ0v) is 17.0. The predicted molar refractivity (Wildman–Crippen MR) is 119 cm³/mol. The van der Waals surface area contributed by atoms with Gasteiger partial charge in [-0.1, -0.05) is 29.8 Å². The van der Waals surface area contributed by atoms with Crippen molar-refractivity contribution in [1.82, 2.24) is 20.6 Å². The van der Waals surface area contributed by atoms with E-state index in [4.69, 9.17) is 0 Å². The van der Waals surface area contributed by atoms with Gasteiger partial charge in [0.2, 0.25) is 0 Å². The summed E-state index contributed by atoms with van der Waals surface area (Å²) in [6, 6.07) is 14.2. The molecule has 0 spiro atoms. The van der Waals surface area contributed by atoms with Crippen LogP contribution in [0.3, 0.4) is 0 Å². The van der Waals surface area contributed by atoms with Gasteiger partial charge in [0.1, 0.15) is 10.5 Å². The topological polar surface area (TPSA) is 81.8 Å². The number of H-pyrrole nitrogens is 1. The summed E-state index contributed by atoms with van der Waals surface area (Å²) in [5.41, 5.74) is 5.03. The molecule has 6 nitrogen and oxygen atoms in total. The summed E-state index contributed by atoms with van der Waals surface area (Å²) in [6.07, 6.45) is 3.60. The van der Waals surface area contributed by atoms with Crippen LogP contribution in [-0.4, -0.2) is 29.0 Å². The number of hydrogen-bond donors (Lipinski definition) is 4. The fraction of sp³-hybridized carbons (Fsp3) is 0.182. The number of amides is 1. The Kier molecular flexibility index (Phi) is 5.88. The molecule has 0 atom stereocenters. The number of thiophene rings is 1. The molecule has 7 heteroatoms. The number of pyridine rings is 1. The smallest absolute Gasteiger partial charge is 0.263 e. The highest BCUT2D eigenvalue weighted by atomic mass is 32.1. The van der Waals surface area contributed by atoms with E-state index in [0.717, 1.165) is 29.0 Å². The number of fused-ring (bicyclic) bond motifs is 1. The first-order valence-corrected chi connectivity index (χ1v) is 10.4. The summed E-state index contributed by atoms with van der Waals surface area (Å²) in [4.78, 5) is 20.7. The standard InChI is InChI=1S/C22H23N5OS/c1-15-3-2-4-16(13-15)14-23-10-11-26-22(28)20-19(7-12-29-20)27-18-6-9-25-21-17(18)5-8-24-21/h2-9,12-13,23H,10-11,14H2,1H3,(H,26,28)(H2,24,25,27). The molecule has 3 heterocycles. The molecular formula is C22H23N5OS. The van der Waals surface area contributed by atoms with E-state index in [2.05, 4.69) is 57.1 Å². The number of carbonyl (C=O) groups excluding carboxylic acids is 1. The molecule has 0 unspecified atom stereocenters. The summed E-state index contributed by atoms with van der Waals surface area (Å²) in [5.74, 6) is -0.0702. The zero-order chi connectivity index (χ0) is 20.1. The highest BCUT2D eigenvalue weighted by molar-refractivity contribution is 7.12. The molecule has 29 heavy (non-hydrogen) atoms. The van der Waals surface area contributed by atoms with Crippen molar-refractivity contribution in [2.45, 2.75) is 13.5 Å². The van der Waals surface area contributed by atoms with Crippen LogP contribution in [0.25, 0.3) is 11.0 Å². The molecule has 1 aromatic carbocycles. The Morgan fingerprint density at radius 1 is 1.14 bits per heavy atom. The van der Waals surface area contributed by atoms with E-state index in [1.165, 1.54) is 22.5 Å². The molecule has 3 aromatic heterocycles. The van der Waals surface area contributed by atoms with Gasteiger partial charge >= 0.3 is 0 Å². The molecule has 4 aromatic rings. The van der Waals surface area contributed by atoms with Gasteiger partial charge in [0.05, 0.1) is 11.4 Å². The molecule has 0 aliphatic carbocycles. The predicted octanol–water partition coefficient (Wildman–Crippen LogP) is 4.20. The molecule has 0 bridgehead atoms. The van der Waals surface area contributed by atoms with E-state index in [0.29, 0.717) is 18.0 Å². The molecule has 0 saturated carbocycles. The molecule has 0 saturated heterocycles. The van der Waals surface area contributed by atoms with Gasteiger partial charge < -0.3 is 20.9 Å². The van der Waals surface area contributed by atoms with Gasteiger partial charge in [0.25, 0.3) is 5.91 Å². The van der Waals surface area contributed by atoms with Crippen LogP contribution in [0.2, 0.25) is 0 Å². The van der Waals surface area contributed by atoms with Gasteiger partial charge in [0.15, 0.2) is 0 Å². The molecule has 148 valence electrons. The van der Waals surface area contributed by atoms with Crippen LogP contribution in [0.15, 0.2) is 60.2 Å². The molecule has 4 N–H and O–H groups in total. The third-order valence-electron chi connectivity index (χ3n) is 4.60. The summed E-state index contributed by atoms with van der Waals surface area (Å²) in [6.45, 7) is 4.16. The van der Waals surface area contributed by atoms with E-state index in [1.54, 1.807) is 6.20 Å². The Bertz CT molecular complexity index is 1120. The number of aromatic amines is 1. The fourth-order valence-corrected chi connectivity index (χ4v) is 3.96. The number of aromatic nitrogens is 2. The summed E-state index contributed by atoms with van der Waals surface area (Å²) in [5, 5.41) is 12.6. The zero-order valence-electron chi connectivity index (χ0n) is 16.2. The first kappa shape index (κ1) is 19.2. The van der Waals surface area contributed by atoms with Crippen molar-refractivity contribution >= 4 is 39.7 Å². The lowest BCUT2D eigenvalue weighted by Gasteiger charge is -2.10. The number of rotatable bonds is 8. The van der Waals surface area contributed by atoms with Crippen LogP contribution in [0.1, 0.15) is 20.8 Å². The van der Waals surface area contributed by atoms with E-state index in [-0.39, 0.29) is 5.91 Å². The minimum Gasteiger partial charge on any atom is -0.354 e. The molecular weight excluding hydrogens is 382 g/mol. The quantitative estimate of drug-likeness (QED) is 0.331. The number of benzene rings is 1. The van der Waals surface area contributed by atoms with Gasteiger partial charge in [-0.05, 0) is 36.1 Å². The second kappa shape index (κ2) is 8.89. The summed E-state index contributed by atoms with van der Waals surface area (Å²) < 4.78 is 0. The van der Waals surface area contributed by atoms with Crippen LogP contribution in [0.5, 0.6) is 0 Å². The van der Waals surface area contributed by atoms with Crippen molar-refractivity contribution in [3.05, 3.63) is 76.2 Å². The maximum absolute atomic E-state index is 12.6. The number of nitrogens with one attached hydrogen (secondary N) is 4. The lowest BCUT2D eigenvalue weighted by Crippen LogP contribution is -2.31. The number of carbonyl (C=O) groups is 1. The van der Waals surface area contributed by atoms with E-state index in [9.17, 15) is 4.79 Å². The fourth-order valence-electron chi connectivity index (χ4n) is 3.20. The largest absolute Gasteiger partial charge is 0.354 e. The first-order chi connectivity index (χ1) is 14.2. The van der Waals surface area contributed by atoms with Crippen molar-refractivity contribution in [3.63, 3.8) is 0 Å². The van der Waals surface area contributed by atoms with E-state index in [1.807, 2.05) is 29.8 Å². The summed E-state index contributed by atoms with van der Waals surface area (Å²) >= 11 is 1.43. The Labute approximate surface area is 173 Å². The van der Waals surface area contributed by atoms with Gasteiger partial charge in [0, 0.05) is 37.4 Å². The number of anilines is 2. The van der Waals surface area contributed by atoms with Crippen LogP contribution in [-0.2, 0) is 6.54 Å². The van der Waals surface area contributed by atoms with Crippen LogP contribution in [0.4, 0.5) is 11.4 Å². The molecule has 0 radical (unpaired) electrons. The first-order valence-electron chi connectivity index (χ1n) is 9.52. The van der Waals surface area contributed by atoms with Crippen molar-refractivity contribution < 1.29 is 4.79 Å². The molecule has 1 amide bonds. The van der Waals surface area contributed by atoms with E-state index < -0.39 is 0 Å². The maximum atomic E-state index is 12.6. The maximum Gasteiger partial charge on any atom is 0.263 e. The second-order valence-electron chi connectivity index (χ2n) is 6.81. The van der Waals surface area contributed by atoms with Gasteiger partial charge in [-0.25, -0.2) is 4.98 Å². The van der Waals surface area contributed by atoms with Gasteiger partial charge in [-0.3, -0.25) is 4.79 Å². The second-order valence-corrected chi connectivity index (χ2v) is 7.72. The Hall–Kier alpha value is -3.16. The van der Waals surface area contributed by atoms with Crippen molar-refractivity contribution in [2.75, 3.05) is 18.4 Å². The Morgan fingerprint density at radius 3 is 2.97 bits per heavy atom. The van der Waals surface area contributed by atoms with Gasteiger partial charge in [-0.2, -0.15) is 0 Å². The Morgan fingerprint density at radius 2 is 2.07 bits per heavy atom. The van der Waals surface area contributed by atoms with Gasteiger partial charge in [-0.15, -0.1) is 11.3 Å². The lowest BCUT2D eigenvalue weighted by molar-refractivity contribution is 0.0958. The van der Waals surface area contributed by atoms with Crippen molar-refractivity contribution in [2.24, 2.45) is 0 Å². The highest BCUT2D eigenvalue weighted by Gasteiger charge is 2.14. The minimum absolute atomic E-state index is 0.0702. The number of hydrogen-bond acceptors (Lipinski definition) is 5. The average molecular weight is 406 g/mol.